The van der Waals surface area contributed by atoms with Gasteiger partial charge in [-0.1, -0.05) is 12.1 Å². The maximum Gasteiger partial charge on any atom is 0.122 e. The second-order valence-electron chi connectivity index (χ2n) is 3.79. The van der Waals surface area contributed by atoms with Crippen LogP contribution >= 0.6 is 0 Å². The van der Waals surface area contributed by atoms with Gasteiger partial charge in [-0.2, -0.15) is 0 Å². The molecule has 0 spiro atoms. The summed E-state index contributed by atoms with van der Waals surface area (Å²) in [6.07, 6.45) is -0.463. The SMILES string of the molecule is CNCC(O)COc1cc(C)ccc1C. The van der Waals surface area contributed by atoms with Gasteiger partial charge in [-0.3, -0.25) is 0 Å². The Hall–Kier alpha value is -1.06. The van der Waals surface area contributed by atoms with Crippen LogP contribution in [0.3, 0.4) is 0 Å². The average molecular weight is 209 g/mol. The van der Waals surface area contributed by atoms with E-state index in [9.17, 15) is 5.11 Å². The molecular weight excluding hydrogens is 190 g/mol. The van der Waals surface area contributed by atoms with Gasteiger partial charge in [0, 0.05) is 6.54 Å². The number of aryl methyl sites for hydroxylation is 2. The summed E-state index contributed by atoms with van der Waals surface area (Å²) in [5.41, 5.74) is 2.26. The van der Waals surface area contributed by atoms with E-state index in [4.69, 9.17) is 4.74 Å². The molecule has 0 amide bonds. The first-order valence-electron chi connectivity index (χ1n) is 5.16. The van der Waals surface area contributed by atoms with E-state index in [1.807, 2.05) is 32.0 Å². The Morgan fingerprint density at radius 2 is 2.13 bits per heavy atom. The summed E-state index contributed by atoms with van der Waals surface area (Å²) in [6, 6.07) is 6.06. The highest BCUT2D eigenvalue weighted by Gasteiger charge is 2.05. The number of hydrogen-bond acceptors (Lipinski definition) is 3. The number of aliphatic hydroxyl groups excluding tert-OH is 1. The molecule has 1 atom stereocenters. The maximum absolute atomic E-state index is 9.48. The molecule has 3 heteroatoms. The number of ether oxygens (including phenoxy) is 1. The van der Waals surface area contributed by atoms with E-state index in [0.29, 0.717) is 13.2 Å². The molecule has 3 nitrogen and oxygen atoms in total. The van der Waals surface area contributed by atoms with Gasteiger partial charge in [0.05, 0.1) is 0 Å². The van der Waals surface area contributed by atoms with E-state index in [-0.39, 0.29) is 0 Å². The summed E-state index contributed by atoms with van der Waals surface area (Å²) in [4.78, 5) is 0. The largest absolute Gasteiger partial charge is 0.491 e. The van der Waals surface area contributed by atoms with Crippen molar-refractivity contribution in [2.24, 2.45) is 0 Å². The van der Waals surface area contributed by atoms with E-state index in [1.165, 1.54) is 5.56 Å². The second-order valence-corrected chi connectivity index (χ2v) is 3.79. The quantitative estimate of drug-likeness (QED) is 0.767. The van der Waals surface area contributed by atoms with Gasteiger partial charge in [0.25, 0.3) is 0 Å². The third-order valence-corrected chi connectivity index (χ3v) is 2.21. The van der Waals surface area contributed by atoms with Crippen LogP contribution in [0.2, 0.25) is 0 Å². The van der Waals surface area contributed by atoms with Crippen LogP contribution in [0.15, 0.2) is 18.2 Å². The van der Waals surface area contributed by atoms with Gasteiger partial charge in [-0.15, -0.1) is 0 Å². The second kappa shape index (κ2) is 5.73. The molecule has 15 heavy (non-hydrogen) atoms. The zero-order valence-corrected chi connectivity index (χ0v) is 9.58. The lowest BCUT2D eigenvalue weighted by atomic mass is 10.1. The van der Waals surface area contributed by atoms with Crippen molar-refractivity contribution in [1.29, 1.82) is 0 Å². The van der Waals surface area contributed by atoms with E-state index in [2.05, 4.69) is 5.32 Å². The van der Waals surface area contributed by atoms with Crippen LogP contribution in [0.25, 0.3) is 0 Å². The monoisotopic (exact) mass is 209 g/mol. The van der Waals surface area contributed by atoms with Gasteiger partial charge in [0.15, 0.2) is 0 Å². The minimum absolute atomic E-state index is 0.325. The van der Waals surface area contributed by atoms with Crippen LogP contribution in [0, 0.1) is 13.8 Å². The predicted octanol–water partition coefficient (Wildman–Crippen LogP) is 1.26. The smallest absolute Gasteiger partial charge is 0.122 e. The minimum atomic E-state index is -0.463. The van der Waals surface area contributed by atoms with Crippen molar-refractivity contribution in [2.75, 3.05) is 20.2 Å². The van der Waals surface area contributed by atoms with Crippen LogP contribution in [0.4, 0.5) is 0 Å². The highest BCUT2D eigenvalue weighted by atomic mass is 16.5. The fourth-order valence-electron chi connectivity index (χ4n) is 1.34. The van der Waals surface area contributed by atoms with Gasteiger partial charge in [0.2, 0.25) is 0 Å². The Morgan fingerprint density at radius 1 is 1.40 bits per heavy atom. The summed E-state index contributed by atoms with van der Waals surface area (Å²) in [6.45, 7) is 4.89. The van der Waals surface area contributed by atoms with Crippen LogP contribution in [0.5, 0.6) is 5.75 Å². The topological polar surface area (TPSA) is 41.5 Å². The van der Waals surface area contributed by atoms with Crippen LogP contribution in [-0.2, 0) is 0 Å². The molecule has 1 aromatic rings. The highest BCUT2D eigenvalue weighted by Crippen LogP contribution is 2.19. The van der Waals surface area contributed by atoms with Crippen molar-refractivity contribution in [2.45, 2.75) is 20.0 Å². The van der Waals surface area contributed by atoms with E-state index < -0.39 is 6.10 Å². The molecule has 2 N–H and O–H groups in total. The lowest BCUT2D eigenvalue weighted by molar-refractivity contribution is 0.108. The molecular formula is C12H19NO2. The first kappa shape index (κ1) is 12.0. The third kappa shape index (κ3) is 3.90. The van der Waals surface area contributed by atoms with Crippen molar-refractivity contribution in [3.63, 3.8) is 0 Å². The van der Waals surface area contributed by atoms with Gasteiger partial charge < -0.3 is 15.2 Å². The summed E-state index contributed by atoms with van der Waals surface area (Å²) >= 11 is 0. The van der Waals surface area contributed by atoms with E-state index in [1.54, 1.807) is 7.05 Å². The third-order valence-electron chi connectivity index (χ3n) is 2.21. The predicted molar refractivity (Wildman–Crippen MR) is 61.3 cm³/mol. The number of hydrogen-bond donors (Lipinski definition) is 2. The number of rotatable bonds is 5. The molecule has 0 saturated carbocycles. The van der Waals surface area contributed by atoms with Crippen molar-refractivity contribution in [3.05, 3.63) is 29.3 Å². The highest BCUT2D eigenvalue weighted by molar-refractivity contribution is 5.35. The Labute approximate surface area is 91.1 Å². The lowest BCUT2D eigenvalue weighted by Crippen LogP contribution is -2.29. The van der Waals surface area contributed by atoms with E-state index in [0.717, 1.165) is 11.3 Å². The molecule has 0 aliphatic rings. The number of benzene rings is 1. The average Bonchev–Trinajstić information content (AvgIpc) is 2.20. The Kier molecular flexibility index (Phi) is 4.59. The molecule has 1 unspecified atom stereocenters. The molecule has 0 bridgehead atoms. The summed E-state index contributed by atoms with van der Waals surface area (Å²) in [7, 11) is 1.81. The molecule has 0 aliphatic heterocycles. The normalized spacial score (nSPS) is 12.5. The standard InChI is InChI=1S/C12H19NO2/c1-9-4-5-10(2)12(6-9)15-8-11(14)7-13-3/h4-6,11,13-14H,7-8H2,1-3H3. The number of nitrogens with one attached hydrogen (secondary N) is 1. The van der Waals surface area contributed by atoms with Crippen molar-refractivity contribution < 1.29 is 9.84 Å². The van der Waals surface area contributed by atoms with Gasteiger partial charge in [0.1, 0.15) is 18.5 Å². The molecule has 0 heterocycles. The number of aliphatic hydroxyl groups is 1. The first-order chi connectivity index (χ1) is 7.13. The molecule has 0 radical (unpaired) electrons. The van der Waals surface area contributed by atoms with Gasteiger partial charge in [-0.25, -0.2) is 0 Å². The molecule has 1 rings (SSSR count). The molecule has 0 fully saturated rings. The van der Waals surface area contributed by atoms with Gasteiger partial charge >= 0.3 is 0 Å². The van der Waals surface area contributed by atoms with Crippen LogP contribution in [0.1, 0.15) is 11.1 Å². The van der Waals surface area contributed by atoms with Crippen molar-refractivity contribution >= 4 is 0 Å². The summed E-state index contributed by atoms with van der Waals surface area (Å²) in [5, 5.41) is 12.4. The molecule has 0 aromatic heterocycles. The van der Waals surface area contributed by atoms with Crippen molar-refractivity contribution in [3.8, 4) is 5.75 Å². The lowest BCUT2D eigenvalue weighted by Gasteiger charge is -2.13. The Morgan fingerprint density at radius 3 is 2.80 bits per heavy atom. The Bertz CT molecular complexity index is 312. The van der Waals surface area contributed by atoms with Crippen molar-refractivity contribution in [1.82, 2.24) is 5.32 Å². The zero-order valence-electron chi connectivity index (χ0n) is 9.58. The zero-order chi connectivity index (χ0) is 11.3. The van der Waals surface area contributed by atoms with Crippen LogP contribution in [-0.4, -0.2) is 31.4 Å². The van der Waals surface area contributed by atoms with E-state index >= 15 is 0 Å². The molecule has 0 saturated heterocycles. The fraction of sp³-hybridized carbons (Fsp3) is 0.500. The summed E-state index contributed by atoms with van der Waals surface area (Å²) < 4.78 is 5.54. The molecule has 0 aliphatic carbocycles. The fourth-order valence-corrected chi connectivity index (χ4v) is 1.34. The number of likely N-dealkylation sites (N-methyl/N-ethyl adjacent to an activating group) is 1. The van der Waals surface area contributed by atoms with Crippen LogP contribution < -0.4 is 10.1 Å². The summed E-state index contributed by atoms with van der Waals surface area (Å²) in [5.74, 6) is 0.852. The molecule has 84 valence electrons. The molecule has 1 aromatic carbocycles. The first-order valence-corrected chi connectivity index (χ1v) is 5.16. The maximum atomic E-state index is 9.48. The minimum Gasteiger partial charge on any atom is -0.491 e. The Balaban J connectivity index is 2.53. The van der Waals surface area contributed by atoms with Gasteiger partial charge in [-0.05, 0) is 38.1 Å².